The molecule has 0 fully saturated rings. The predicted octanol–water partition coefficient (Wildman–Crippen LogP) is 3.57. The molecule has 0 atom stereocenters. The number of ether oxygens (including phenoxy) is 1. The SMILES string of the molecule is Cc1cc(=O)oc2cc(OCC(=O)NNC(=O)c3ccc(NS(=O)(=O)c4ccc(Br)s4)cc3)ccc12. The Labute approximate surface area is 217 Å². The lowest BCUT2D eigenvalue weighted by Crippen LogP contribution is -2.43. The van der Waals surface area contributed by atoms with E-state index in [1.807, 2.05) is 0 Å². The van der Waals surface area contributed by atoms with Gasteiger partial charge in [0.2, 0.25) is 0 Å². The van der Waals surface area contributed by atoms with E-state index in [1.165, 1.54) is 42.5 Å². The summed E-state index contributed by atoms with van der Waals surface area (Å²) in [6, 6.07) is 15.0. The van der Waals surface area contributed by atoms with Gasteiger partial charge in [-0.15, -0.1) is 11.3 Å². The zero-order valence-corrected chi connectivity index (χ0v) is 21.8. The number of hydrogen-bond acceptors (Lipinski definition) is 8. The molecule has 0 unspecified atom stereocenters. The van der Waals surface area contributed by atoms with Crippen molar-refractivity contribution in [2.75, 3.05) is 11.3 Å². The quantitative estimate of drug-likeness (QED) is 0.220. The minimum atomic E-state index is -3.75. The van der Waals surface area contributed by atoms with Crippen molar-refractivity contribution in [2.24, 2.45) is 0 Å². The Kier molecular flexibility index (Phi) is 7.43. The van der Waals surface area contributed by atoms with E-state index in [0.717, 1.165) is 22.3 Å². The van der Waals surface area contributed by atoms with Gasteiger partial charge in [-0.3, -0.25) is 25.2 Å². The minimum absolute atomic E-state index is 0.143. The number of carbonyl (C=O) groups excluding carboxylic acids is 2. The van der Waals surface area contributed by atoms with Crippen LogP contribution < -0.4 is 25.9 Å². The van der Waals surface area contributed by atoms with Gasteiger partial charge in [0.1, 0.15) is 15.5 Å². The number of sulfonamides is 1. The highest BCUT2D eigenvalue weighted by molar-refractivity contribution is 9.11. The third-order valence-corrected chi connectivity index (χ3v) is 8.32. The largest absolute Gasteiger partial charge is 0.484 e. The van der Waals surface area contributed by atoms with Gasteiger partial charge in [0, 0.05) is 28.8 Å². The van der Waals surface area contributed by atoms with Crippen LogP contribution in [0.25, 0.3) is 11.0 Å². The van der Waals surface area contributed by atoms with Crippen molar-refractivity contribution in [2.45, 2.75) is 11.1 Å². The highest BCUT2D eigenvalue weighted by Crippen LogP contribution is 2.27. The van der Waals surface area contributed by atoms with Crippen molar-refractivity contribution >= 4 is 65.8 Å². The van der Waals surface area contributed by atoms with Crippen molar-refractivity contribution in [3.8, 4) is 5.75 Å². The van der Waals surface area contributed by atoms with Crippen LogP contribution in [0.2, 0.25) is 0 Å². The predicted molar refractivity (Wildman–Crippen MR) is 138 cm³/mol. The molecule has 186 valence electrons. The number of thiophene rings is 1. The summed E-state index contributed by atoms with van der Waals surface area (Å²) >= 11 is 4.29. The molecule has 0 aliphatic carbocycles. The molecule has 2 aromatic heterocycles. The molecular weight excluding hydrogens is 574 g/mol. The Morgan fingerprint density at radius 2 is 1.78 bits per heavy atom. The van der Waals surface area contributed by atoms with Crippen LogP contribution >= 0.6 is 27.3 Å². The van der Waals surface area contributed by atoms with Crippen molar-refractivity contribution < 1.29 is 27.2 Å². The number of benzene rings is 2. The molecule has 0 bridgehead atoms. The first-order chi connectivity index (χ1) is 17.1. The number of halogens is 1. The fourth-order valence-electron chi connectivity index (χ4n) is 3.12. The average molecular weight is 592 g/mol. The number of rotatable bonds is 7. The first-order valence-electron chi connectivity index (χ1n) is 10.3. The van der Waals surface area contributed by atoms with Crippen LogP contribution in [0.3, 0.4) is 0 Å². The Hall–Kier alpha value is -3.68. The molecule has 0 saturated carbocycles. The summed E-state index contributed by atoms with van der Waals surface area (Å²) in [5.41, 5.74) is 5.56. The molecule has 2 aromatic carbocycles. The summed E-state index contributed by atoms with van der Waals surface area (Å²) in [5.74, 6) is -0.922. The fourth-order valence-corrected chi connectivity index (χ4v) is 6.18. The zero-order valence-electron chi connectivity index (χ0n) is 18.5. The highest BCUT2D eigenvalue weighted by Gasteiger charge is 2.17. The summed E-state index contributed by atoms with van der Waals surface area (Å²) in [6.45, 7) is 1.38. The van der Waals surface area contributed by atoms with Gasteiger partial charge in [-0.25, -0.2) is 13.2 Å². The van der Waals surface area contributed by atoms with Crippen LogP contribution in [0, 0.1) is 6.92 Å². The second-order valence-corrected chi connectivity index (χ2v) is 11.8. The molecule has 2 heterocycles. The molecule has 0 radical (unpaired) electrons. The first kappa shape index (κ1) is 25.4. The Morgan fingerprint density at radius 3 is 2.47 bits per heavy atom. The number of aryl methyl sites for hydroxylation is 1. The van der Waals surface area contributed by atoms with Gasteiger partial charge in [-0.2, -0.15) is 0 Å². The molecule has 0 spiro atoms. The lowest BCUT2D eigenvalue weighted by atomic mass is 10.1. The van der Waals surface area contributed by atoms with E-state index in [1.54, 1.807) is 25.1 Å². The molecule has 36 heavy (non-hydrogen) atoms. The summed E-state index contributed by atoms with van der Waals surface area (Å²) in [7, 11) is -3.75. The first-order valence-corrected chi connectivity index (χ1v) is 13.3. The number of fused-ring (bicyclic) bond motifs is 1. The van der Waals surface area contributed by atoms with Crippen LogP contribution in [0.5, 0.6) is 5.75 Å². The number of hydrazine groups is 1. The minimum Gasteiger partial charge on any atom is -0.484 e. The standard InChI is InChI=1S/C23H18BrN3O7S2/c1-13-10-21(29)34-18-11-16(6-7-17(13)18)33-12-20(28)25-26-23(30)14-2-4-15(5-3-14)27-36(31,32)22-9-8-19(24)35-22/h2-11,27H,12H2,1H3,(H,25,28)(H,26,30). The summed E-state index contributed by atoms with van der Waals surface area (Å²) < 4.78 is 38.6. The summed E-state index contributed by atoms with van der Waals surface area (Å²) in [6.07, 6.45) is 0. The van der Waals surface area contributed by atoms with Gasteiger partial charge in [-0.1, -0.05) is 0 Å². The maximum atomic E-state index is 12.4. The highest BCUT2D eigenvalue weighted by atomic mass is 79.9. The fraction of sp³-hybridized carbons (Fsp3) is 0.0870. The number of carbonyl (C=O) groups is 2. The van der Waals surface area contributed by atoms with Gasteiger partial charge in [0.05, 0.1) is 3.79 Å². The normalized spacial score (nSPS) is 11.2. The second kappa shape index (κ2) is 10.5. The van der Waals surface area contributed by atoms with E-state index >= 15 is 0 Å². The van der Waals surface area contributed by atoms with Crippen LogP contribution in [-0.2, 0) is 14.8 Å². The lowest BCUT2D eigenvalue weighted by molar-refractivity contribution is -0.123. The van der Waals surface area contributed by atoms with Crippen LogP contribution in [0.15, 0.2) is 77.9 Å². The van der Waals surface area contributed by atoms with Gasteiger partial charge < -0.3 is 9.15 Å². The van der Waals surface area contributed by atoms with Gasteiger partial charge in [0.15, 0.2) is 6.61 Å². The van der Waals surface area contributed by atoms with Crippen molar-refractivity contribution in [1.29, 1.82) is 0 Å². The lowest BCUT2D eigenvalue weighted by Gasteiger charge is -2.10. The number of amides is 2. The van der Waals surface area contributed by atoms with E-state index in [-0.39, 0.29) is 15.5 Å². The average Bonchev–Trinajstić information content (AvgIpc) is 3.28. The molecular formula is C23H18BrN3O7S2. The molecule has 2 amide bonds. The smallest absolute Gasteiger partial charge is 0.336 e. The monoisotopic (exact) mass is 591 g/mol. The molecule has 10 nitrogen and oxygen atoms in total. The maximum absolute atomic E-state index is 12.4. The molecule has 0 aliphatic heterocycles. The third kappa shape index (κ3) is 6.11. The van der Waals surface area contributed by atoms with Gasteiger partial charge >= 0.3 is 5.63 Å². The van der Waals surface area contributed by atoms with Crippen LogP contribution in [0.4, 0.5) is 5.69 Å². The van der Waals surface area contributed by atoms with Gasteiger partial charge in [0.25, 0.3) is 21.8 Å². The Balaban J connectivity index is 1.29. The molecule has 4 aromatic rings. The number of nitrogens with one attached hydrogen (secondary N) is 3. The van der Waals surface area contributed by atoms with E-state index in [2.05, 4.69) is 31.5 Å². The molecule has 4 rings (SSSR count). The van der Waals surface area contributed by atoms with E-state index in [0.29, 0.717) is 15.1 Å². The third-order valence-electron chi connectivity index (χ3n) is 4.82. The van der Waals surface area contributed by atoms with Gasteiger partial charge in [-0.05, 0) is 76.9 Å². The van der Waals surface area contributed by atoms with Crippen LogP contribution in [0.1, 0.15) is 15.9 Å². The Morgan fingerprint density at radius 1 is 1.03 bits per heavy atom. The van der Waals surface area contributed by atoms with Crippen molar-refractivity contribution in [3.05, 3.63) is 86.0 Å². The zero-order chi connectivity index (χ0) is 25.9. The second-order valence-electron chi connectivity index (χ2n) is 7.44. The molecule has 0 saturated heterocycles. The van der Waals surface area contributed by atoms with Crippen molar-refractivity contribution in [3.63, 3.8) is 0 Å². The van der Waals surface area contributed by atoms with E-state index in [9.17, 15) is 22.8 Å². The summed E-state index contributed by atoms with van der Waals surface area (Å²) in [5, 5.41) is 0.747. The van der Waals surface area contributed by atoms with E-state index in [4.69, 9.17) is 9.15 Å². The van der Waals surface area contributed by atoms with Crippen LogP contribution in [-0.4, -0.2) is 26.8 Å². The number of hydrogen-bond donors (Lipinski definition) is 3. The molecule has 0 aliphatic rings. The van der Waals surface area contributed by atoms with E-state index < -0.39 is 34.1 Å². The topological polar surface area (TPSA) is 144 Å². The Bertz CT molecular complexity index is 1610. The molecule has 13 heteroatoms. The molecule has 3 N–H and O–H groups in total. The maximum Gasteiger partial charge on any atom is 0.336 e. The number of anilines is 1. The van der Waals surface area contributed by atoms with Crippen molar-refractivity contribution in [1.82, 2.24) is 10.9 Å². The summed E-state index contributed by atoms with van der Waals surface area (Å²) in [4.78, 5) is 35.9.